The van der Waals surface area contributed by atoms with Crippen molar-refractivity contribution in [3.63, 3.8) is 0 Å². The normalized spacial score (nSPS) is 11.3. The summed E-state index contributed by atoms with van der Waals surface area (Å²) in [5.41, 5.74) is 1.62. The summed E-state index contributed by atoms with van der Waals surface area (Å²) in [5, 5.41) is 0.751. The molecule has 0 aliphatic carbocycles. The van der Waals surface area contributed by atoms with Crippen molar-refractivity contribution in [3.05, 3.63) is 52.5 Å². The third kappa shape index (κ3) is 5.10. The number of fused-ring (bicyclic) bond motifs is 1. The first kappa shape index (κ1) is 20.3. The Hall–Kier alpha value is -1.41. The highest BCUT2D eigenvalue weighted by molar-refractivity contribution is 9.10. The van der Waals surface area contributed by atoms with Gasteiger partial charge >= 0.3 is 0 Å². The summed E-state index contributed by atoms with van der Waals surface area (Å²) < 4.78 is 2.09. The average molecular weight is 464 g/mol. The lowest BCUT2D eigenvalue weighted by Crippen LogP contribution is -2.33. The van der Waals surface area contributed by atoms with Crippen LogP contribution in [0.3, 0.4) is 0 Å². The molecule has 1 amide bonds. The van der Waals surface area contributed by atoms with E-state index in [9.17, 15) is 4.79 Å². The van der Waals surface area contributed by atoms with Crippen LogP contribution in [0, 0.1) is 0 Å². The van der Waals surface area contributed by atoms with E-state index < -0.39 is 0 Å². The molecule has 2 aromatic carbocycles. The summed E-state index contributed by atoms with van der Waals surface area (Å²) in [6.45, 7) is 1.56. The number of benzene rings is 2. The number of hydrogen-bond acceptors (Lipinski definition) is 5. The predicted octanol–water partition coefficient (Wildman–Crippen LogP) is 5.38. The lowest BCUT2D eigenvalue weighted by atomic mass is 10.2. The molecular formula is C20H22BrN3OS2. The molecule has 0 unspecified atom stereocenters. The van der Waals surface area contributed by atoms with E-state index in [0.717, 1.165) is 37.7 Å². The van der Waals surface area contributed by atoms with Crippen molar-refractivity contribution >= 4 is 60.3 Å². The van der Waals surface area contributed by atoms with Crippen molar-refractivity contribution in [1.29, 1.82) is 0 Å². The van der Waals surface area contributed by atoms with Crippen molar-refractivity contribution < 1.29 is 4.79 Å². The zero-order valence-electron chi connectivity index (χ0n) is 15.6. The van der Waals surface area contributed by atoms with Gasteiger partial charge in [-0.2, -0.15) is 0 Å². The van der Waals surface area contributed by atoms with Gasteiger partial charge in [0.15, 0.2) is 5.13 Å². The molecule has 3 aromatic rings. The zero-order chi connectivity index (χ0) is 19.4. The lowest BCUT2D eigenvalue weighted by Gasteiger charge is -2.21. The molecule has 0 radical (unpaired) electrons. The number of carbonyl (C=O) groups excluding carboxylic acids is 1. The molecule has 0 N–H and O–H groups in total. The van der Waals surface area contributed by atoms with Gasteiger partial charge in [-0.25, -0.2) is 4.98 Å². The minimum atomic E-state index is 0.00257. The maximum atomic E-state index is 13.3. The summed E-state index contributed by atoms with van der Waals surface area (Å²) in [6.07, 6.45) is 2.91. The molecule has 0 aliphatic heterocycles. The standard InChI is InChI=1S/C20H22BrN3OS2/c1-23(2)10-5-11-24(19(25)14-6-4-7-16(12-14)26-3)20-22-17-9-8-15(21)13-18(17)27-20/h4,6-9,12-13H,5,10-11H2,1-3H3. The second kappa shape index (κ2) is 9.19. The number of amides is 1. The second-order valence-electron chi connectivity index (χ2n) is 6.45. The van der Waals surface area contributed by atoms with Crippen molar-refractivity contribution in [3.8, 4) is 0 Å². The maximum absolute atomic E-state index is 13.3. The van der Waals surface area contributed by atoms with Gasteiger partial charge < -0.3 is 4.90 Å². The number of nitrogens with zero attached hydrogens (tertiary/aromatic N) is 3. The fraction of sp³-hybridized carbons (Fsp3) is 0.300. The zero-order valence-corrected chi connectivity index (χ0v) is 18.8. The molecule has 0 spiro atoms. The number of carbonyl (C=O) groups is 1. The lowest BCUT2D eigenvalue weighted by molar-refractivity contribution is 0.0986. The van der Waals surface area contributed by atoms with E-state index in [2.05, 4.69) is 20.8 Å². The second-order valence-corrected chi connectivity index (χ2v) is 9.26. The highest BCUT2D eigenvalue weighted by Crippen LogP contribution is 2.32. The molecule has 142 valence electrons. The van der Waals surface area contributed by atoms with E-state index in [1.165, 1.54) is 0 Å². The van der Waals surface area contributed by atoms with Crippen LogP contribution >= 0.6 is 39.0 Å². The Morgan fingerprint density at radius 2 is 2.00 bits per heavy atom. The van der Waals surface area contributed by atoms with E-state index in [-0.39, 0.29) is 5.91 Å². The molecule has 0 saturated heterocycles. The van der Waals surface area contributed by atoms with Crippen LogP contribution in [0.5, 0.6) is 0 Å². The molecule has 0 atom stereocenters. The van der Waals surface area contributed by atoms with Gasteiger partial charge in [0.1, 0.15) is 0 Å². The first-order valence-electron chi connectivity index (χ1n) is 8.64. The third-order valence-corrected chi connectivity index (χ3v) is 6.38. The number of thiazole rings is 1. The van der Waals surface area contributed by atoms with Gasteiger partial charge in [-0.15, -0.1) is 11.8 Å². The largest absolute Gasteiger partial charge is 0.309 e. The number of aromatic nitrogens is 1. The molecule has 27 heavy (non-hydrogen) atoms. The van der Waals surface area contributed by atoms with Crippen LogP contribution in [0.2, 0.25) is 0 Å². The van der Waals surface area contributed by atoms with Gasteiger partial charge in [0, 0.05) is 21.5 Å². The Balaban J connectivity index is 1.94. The minimum Gasteiger partial charge on any atom is -0.309 e. The Bertz CT molecular complexity index is 942. The summed E-state index contributed by atoms with van der Waals surface area (Å²) in [5.74, 6) is 0.00257. The van der Waals surface area contributed by atoms with Crippen molar-refractivity contribution in [2.75, 3.05) is 38.3 Å². The molecular weight excluding hydrogens is 442 g/mol. The Morgan fingerprint density at radius 3 is 2.74 bits per heavy atom. The predicted molar refractivity (Wildman–Crippen MR) is 120 cm³/mol. The highest BCUT2D eigenvalue weighted by Gasteiger charge is 2.21. The van der Waals surface area contributed by atoms with Crippen LogP contribution in [0.25, 0.3) is 10.2 Å². The number of anilines is 1. The highest BCUT2D eigenvalue weighted by atomic mass is 79.9. The number of halogens is 1. The third-order valence-electron chi connectivity index (χ3n) is 4.12. The molecule has 1 heterocycles. The van der Waals surface area contributed by atoms with Gasteiger partial charge in [0.2, 0.25) is 0 Å². The van der Waals surface area contributed by atoms with Gasteiger partial charge in [-0.1, -0.05) is 33.3 Å². The van der Waals surface area contributed by atoms with E-state index in [4.69, 9.17) is 4.98 Å². The minimum absolute atomic E-state index is 0.00257. The van der Waals surface area contributed by atoms with Crippen LogP contribution in [0.15, 0.2) is 51.8 Å². The van der Waals surface area contributed by atoms with Gasteiger partial charge in [-0.3, -0.25) is 9.69 Å². The van der Waals surface area contributed by atoms with E-state index in [1.807, 2.05) is 67.7 Å². The molecule has 4 nitrogen and oxygen atoms in total. The smallest absolute Gasteiger partial charge is 0.260 e. The molecule has 0 saturated carbocycles. The Morgan fingerprint density at radius 1 is 1.19 bits per heavy atom. The van der Waals surface area contributed by atoms with Gasteiger partial charge in [0.05, 0.1) is 10.2 Å². The van der Waals surface area contributed by atoms with Gasteiger partial charge in [-0.05, 0) is 69.7 Å². The molecule has 1 aromatic heterocycles. The summed E-state index contributed by atoms with van der Waals surface area (Å²) in [6, 6.07) is 13.8. The fourth-order valence-electron chi connectivity index (χ4n) is 2.74. The fourth-order valence-corrected chi connectivity index (χ4v) is 4.74. The summed E-state index contributed by atoms with van der Waals surface area (Å²) in [7, 11) is 4.09. The quantitative estimate of drug-likeness (QED) is 0.440. The van der Waals surface area contributed by atoms with Crippen molar-refractivity contribution in [1.82, 2.24) is 9.88 Å². The molecule has 3 rings (SSSR count). The molecule has 0 aliphatic rings. The van der Waals surface area contributed by atoms with Crippen molar-refractivity contribution in [2.24, 2.45) is 0 Å². The average Bonchev–Trinajstić information content (AvgIpc) is 3.07. The maximum Gasteiger partial charge on any atom is 0.260 e. The van der Waals surface area contributed by atoms with Crippen LogP contribution in [-0.2, 0) is 0 Å². The Kier molecular flexibility index (Phi) is 6.92. The number of rotatable bonds is 7. The van der Waals surface area contributed by atoms with Crippen LogP contribution in [-0.4, -0.2) is 49.2 Å². The van der Waals surface area contributed by atoms with Crippen LogP contribution in [0.4, 0.5) is 5.13 Å². The Labute approximate surface area is 176 Å². The monoisotopic (exact) mass is 463 g/mol. The molecule has 0 bridgehead atoms. The molecule has 0 fully saturated rings. The SMILES string of the molecule is CSc1cccc(C(=O)N(CCCN(C)C)c2nc3ccc(Br)cc3s2)c1. The first-order valence-corrected chi connectivity index (χ1v) is 11.5. The van der Waals surface area contributed by atoms with Crippen LogP contribution < -0.4 is 4.90 Å². The van der Waals surface area contributed by atoms with E-state index in [1.54, 1.807) is 23.1 Å². The van der Waals surface area contributed by atoms with Crippen LogP contribution in [0.1, 0.15) is 16.8 Å². The van der Waals surface area contributed by atoms with E-state index in [0.29, 0.717) is 12.1 Å². The first-order chi connectivity index (χ1) is 13.0. The summed E-state index contributed by atoms with van der Waals surface area (Å²) >= 11 is 6.70. The van der Waals surface area contributed by atoms with Crippen molar-refractivity contribution in [2.45, 2.75) is 11.3 Å². The summed E-state index contributed by atoms with van der Waals surface area (Å²) in [4.78, 5) is 23.1. The van der Waals surface area contributed by atoms with Gasteiger partial charge in [0.25, 0.3) is 5.91 Å². The topological polar surface area (TPSA) is 36.4 Å². The number of hydrogen-bond donors (Lipinski definition) is 0. The van der Waals surface area contributed by atoms with E-state index >= 15 is 0 Å². The number of thioether (sulfide) groups is 1. The molecule has 7 heteroatoms.